The zero-order chi connectivity index (χ0) is 22.4. The number of piperidine rings is 1. The van der Waals surface area contributed by atoms with Crippen LogP contribution < -0.4 is 0 Å². The molecule has 33 heavy (non-hydrogen) atoms. The number of rotatable bonds is 10. The van der Waals surface area contributed by atoms with Gasteiger partial charge in [0.25, 0.3) is 0 Å². The van der Waals surface area contributed by atoms with Crippen molar-refractivity contribution >= 4 is 49.2 Å². The van der Waals surface area contributed by atoms with Gasteiger partial charge >= 0.3 is 5.97 Å². The average Bonchev–Trinajstić information content (AvgIpc) is 3.60. The third kappa shape index (κ3) is 8.25. The summed E-state index contributed by atoms with van der Waals surface area (Å²) in [4.78, 5) is 29.1. The first-order chi connectivity index (χ1) is 14.9. The van der Waals surface area contributed by atoms with E-state index >= 15 is 0 Å². The van der Waals surface area contributed by atoms with Crippen molar-refractivity contribution in [2.24, 2.45) is 5.92 Å². The van der Waals surface area contributed by atoms with E-state index in [9.17, 15) is 14.0 Å². The Hall–Kier alpha value is -1.12. The van der Waals surface area contributed by atoms with Crippen LogP contribution >= 0.6 is 37.4 Å². The third-order valence-electron chi connectivity index (χ3n) is 6.03. The highest BCUT2D eigenvalue weighted by Crippen LogP contribution is 2.39. The van der Waals surface area contributed by atoms with Crippen LogP contribution in [0.5, 0.6) is 0 Å². The van der Waals surface area contributed by atoms with Gasteiger partial charge in [0.1, 0.15) is 5.82 Å². The summed E-state index contributed by atoms with van der Waals surface area (Å²) in [6.07, 6.45) is 4.69. The van der Waals surface area contributed by atoms with Gasteiger partial charge in [-0.1, -0.05) is 31.2 Å². The van der Waals surface area contributed by atoms with Crippen molar-refractivity contribution in [2.75, 3.05) is 39.3 Å². The van der Waals surface area contributed by atoms with E-state index in [1.165, 1.54) is 6.07 Å². The second-order valence-electron chi connectivity index (χ2n) is 8.29. The molecule has 0 bridgehead atoms. The van der Waals surface area contributed by atoms with Crippen molar-refractivity contribution in [1.29, 1.82) is 0 Å². The molecule has 1 heterocycles. The number of halogens is 3. The first-order valence-electron chi connectivity index (χ1n) is 11.2. The lowest BCUT2D eigenvalue weighted by Crippen LogP contribution is -2.43. The van der Waals surface area contributed by atoms with Crippen molar-refractivity contribution in [3.63, 3.8) is 0 Å². The minimum Gasteiger partial charge on any atom is -0.465 e. The summed E-state index contributed by atoms with van der Waals surface area (Å²) in [6, 6.07) is 6.06. The highest BCUT2D eigenvalue weighted by atomic mass is 35.5. The number of ether oxygens (including phenoxy) is 1. The van der Waals surface area contributed by atoms with Crippen molar-refractivity contribution in [3.05, 3.63) is 47.3 Å². The molecule has 1 aromatic rings. The van der Waals surface area contributed by atoms with Crippen molar-refractivity contribution < 1.29 is 18.7 Å². The summed E-state index contributed by atoms with van der Waals surface area (Å²) in [5.41, 5.74) is 1.58. The summed E-state index contributed by atoms with van der Waals surface area (Å²) in [5, 5.41) is 0.0925. The molecule has 0 aromatic heterocycles. The molecular formula is C24H35Cl2FN2O3S. The van der Waals surface area contributed by atoms with E-state index in [2.05, 4.69) is 11.0 Å². The Balaban J connectivity index is 0.00000272. The molecule has 0 N–H and O–H groups in total. The van der Waals surface area contributed by atoms with Gasteiger partial charge in [0.05, 0.1) is 19.2 Å². The number of benzene rings is 1. The lowest BCUT2D eigenvalue weighted by atomic mass is 9.93. The van der Waals surface area contributed by atoms with E-state index in [1.807, 2.05) is 11.8 Å². The number of ketones is 1. The number of hydrogen-bond donors (Lipinski definition) is 1. The van der Waals surface area contributed by atoms with E-state index in [0.717, 1.165) is 31.4 Å². The molecule has 1 aromatic carbocycles. The summed E-state index contributed by atoms with van der Waals surface area (Å²) < 4.78 is 19.7. The second-order valence-corrected chi connectivity index (χ2v) is 8.91. The molecule has 1 aliphatic heterocycles. The van der Waals surface area contributed by atoms with Gasteiger partial charge in [0.2, 0.25) is 0 Å². The minimum absolute atomic E-state index is 0. The van der Waals surface area contributed by atoms with Crippen LogP contribution in [0.2, 0.25) is 0 Å². The first kappa shape index (κ1) is 29.9. The fraction of sp³-hybridized carbons (Fsp3) is 0.583. The van der Waals surface area contributed by atoms with Crippen LogP contribution in [0.15, 0.2) is 35.9 Å². The van der Waals surface area contributed by atoms with Crippen LogP contribution in [-0.2, 0) is 14.3 Å². The number of likely N-dealkylation sites (tertiary alicyclic amines) is 1. The summed E-state index contributed by atoms with van der Waals surface area (Å²) in [7, 11) is 0. The maximum absolute atomic E-state index is 14.6. The van der Waals surface area contributed by atoms with Crippen LogP contribution in [0.4, 0.5) is 4.39 Å². The lowest BCUT2D eigenvalue weighted by Gasteiger charge is -2.38. The molecule has 2 unspecified atom stereocenters. The average molecular weight is 522 g/mol. The normalized spacial score (nSPS) is 20.6. The number of carbonyl (C=O) groups is 2. The highest BCUT2D eigenvalue weighted by Gasteiger charge is 2.40. The Morgan fingerprint density at radius 2 is 1.94 bits per heavy atom. The second kappa shape index (κ2) is 14.3. The van der Waals surface area contributed by atoms with Gasteiger partial charge in [-0.25, -0.2) is 4.39 Å². The molecule has 9 heteroatoms. The van der Waals surface area contributed by atoms with Gasteiger partial charge in [-0.2, -0.15) is 12.6 Å². The van der Waals surface area contributed by atoms with Gasteiger partial charge in [-0.15, -0.1) is 24.8 Å². The summed E-state index contributed by atoms with van der Waals surface area (Å²) in [5.74, 6) is -0.387. The quantitative estimate of drug-likeness (QED) is 0.279. The minimum atomic E-state index is -0.556. The highest BCUT2D eigenvalue weighted by molar-refractivity contribution is 7.81. The molecule has 5 nitrogen and oxygen atoms in total. The maximum Gasteiger partial charge on any atom is 0.320 e. The molecule has 2 aliphatic rings. The smallest absolute Gasteiger partial charge is 0.320 e. The Labute approximate surface area is 214 Å². The predicted octanol–water partition coefficient (Wildman–Crippen LogP) is 4.51. The number of thiol groups is 1. The summed E-state index contributed by atoms with van der Waals surface area (Å²) >= 11 is 4.75. The van der Waals surface area contributed by atoms with Gasteiger partial charge in [-0.05, 0) is 44.4 Å². The van der Waals surface area contributed by atoms with Crippen molar-refractivity contribution in [3.8, 4) is 0 Å². The SMILES string of the molecule is CCOC(=O)CN(CC)C/C=C1/CN(C(C(=O)C2CC2)c2ccccc2F)CCC1S.Cl.Cl. The molecule has 3 rings (SSSR count). The first-order valence-corrected chi connectivity index (χ1v) is 11.7. The van der Waals surface area contributed by atoms with Crippen LogP contribution in [-0.4, -0.2) is 66.1 Å². The van der Waals surface area contributed by atoms with E-state index in [0.29, 0.717) is 31.8 Å². The van der Waals surface area contributed by atoms with Gasteiger partial charge < -0.3 is 4.74 Å². The van der Waals surface area contributed by atoms with E-state index in [-0.39, 0.29) is 60.1 Å². The van der Waals surface area contributed by atoms with Crippen LogP contribution in [0, 0.1) is 11.7 Å². The number of esters is 1. The molecule has 2 fully saturated rings. The molecule has 0 spiro atoms. The Kier molecular flexibility index (Phi) is 13.0. The Bertz CT molecular complexity index is 823. The molecule has 186 valence electrons. The van der Waals surface area contributed by atoms with Crippen LogP contribution in [0.25, 0.3) is 0 Å². The molecule has 0 amide bonds. The zero-order valence-electron chi connectivity index (χ0n) is 19.2. The van der Waals surface area contributed by atoms with Crippen molar-refractivity contribution in [1.82, 2.24) is 9.80 Å². The lowest BCUT2D eigenvalue weighted by molar-refractivity contribution is -0.144. The van der Waals surface area contributed by atoms with Gasteiger partial charge in [0.15, 0.2) is 5.78 Å². The molecule has 1 saturated heterocycles. The van der Waals surface area contributed by atoms with E-state index in [4.69, 9.17) is 17.4 Å². The number of hydrogen-bond acceptors (Lipinski definition) is 6. The number of likely N-dealkylation sites (N-methyl/N-ethyl adjacent to an activating group) is 1. The molecular weight excluding hydrogens is 486 g/mol. The van der Waals surface area contributed by atoms with Crippen molar-refractivity contribution in [2.45, 2.75) is 44.4 Å². The topological polar surface area (TPSA) is 49.9 Å². The zero-order valence-corrected chi connectivity index (χ0v) is 21.8. The Morgan fingerprint density at radius 3 is 2.55 bits per heavy atom. The molecule has 1 aliphatic carbocycles. The standard InChI is InChI=1S/C24H33FN2O3S.2ClH/c1-3-26(16-22(28)30-4-2)13-11-18-15-27(14-12-21(18)31)23(24(29)17-9-10-17)19-7-5-6-8-20(19)25;;/h5-8,11,17,21,23,31H,3-4,9-10,12-16H2,1-2H3;2*1H/b18-11-;;. The predicted molar refractivity (Wildman–Crippen MR) is 137 cm³/mol. The van der Waals surface area contributed by atoms with E-state index in [1.54, 1.807) is 25.1 Å². The number of carbonyl (C=O) groups excluding carboxylic acids is 2. The molecule has 2 atom stereocenters. The molecule has 0 radical (unpaired) electrons. The largest absolute Gasteiger partial charge is 0.465 e. The maximum atomic E-state index is 14.6. The van der Waals surface area contributed by atoms with Gasteiger partial charge in [-0.3, -0.25) is 19.4 Å². The fourth-order valence-corrected chi connectivity index (χ4v) is 4.37. The van der Waals surface area contributed by atoms with Crippen LogP contribution in [0.3, 0.4) is 0 Å². The number of nitrogens with zero attached hydrogens (tertiary/aromatic N) is 2. The third-order valence-corrected chi connectivity index (χ3v) is 6.62. The summed E-state index contributed by atoms with van der Waals surface area (Å²) in [6.45, 7) is 7.02. The van der Waals surface area contributed by atoms with E-state index < -0.39 is 6.04 Å². The molecule has 1 saturated carbocycles. The fourth-order valence-electron chi connectivity index (χ4n) is 4.07. The van der Waals surface area contributed by atoms with Crippen LogP contribution in [0.1, 0.15) is 44.7 Å². The monoisotopic (exact) mass is 520 g/mol. The van der Waals surface area contributed by atoms with Gasteiger partial charge in [0, 0.05) is 36.4 Å². The number of Topliss-reactive ketones (excluding diaryl/α,β-unsaturated/α-hetero) is 1. The Morgan fingerprint density at radius 1 is 1.24 bits per heavy atom.